The van der Waals surface area contributed by atoms with Gasteiger partial charge in [0.1, 0.15) is 0 Å². The fourth-order valence-corrected chi connectivity index (χ4v) is 2.24. The van der Waals surface area contributed by atoms with E-state index >= 15 is 0 Å². The first-order valence-electron chi connectivity index (χ1n) is 5.21. The lowest BCUT2D eigenvalue weighted by Crippen LogP contribution is -2.29. The second kappa shape index (κ2) is 3.96. The molecule has 1 aliphatic rings. The van der Waals surface area contributed by atoms with E-state index in [9.17, 15) is 4.79 Å². The lowest BCUT2D eigenvalue weighted by Gasteiger charge is -2.25. The molecule has 1 aromatic heterocycles. The summed E-state index contributed by atoms with van der Waals surface area (Å²) in [4.78, 5) is 17.5. The maximum absolute atomic E-state index is 11.4. The highest BCUT2D eigenvalue weighted by Crippen LogP contribution is 2.40. The molecule has 1 saturated heterocycles. The number of aromatic nitrogens is 1. The number of hydrogen-bond donors (Lipinski definition) is 1. The van der Waals surface area contributed by atoms with Crippen LogP contribution < -0.4 is 5.73 Å². The van der Waals surface area contributed by atoms with Crippen molar-refractivity contribution < 1.29 is 4.79 Å². The minimum Gasteiger partial charge on any atom is -0.370 e. The fourth-order valence-electron chi connectivity index (χ4n) is 2.24. The minimum absolute atomic E-state index is 0.0290. The largest absolute Gasteiger partial charge is 0.370 e. The molecule has 1 amide bonds. The molecule has 1 aromatic rings. The van der Waals surface area contributed by atoms with Gasteiger partial charge in [-0.15, -0.1) is 0 Å². The summed E-state index contributed by atoms with van der Waals surface area (Å²) >= 11 is 0. The Morgan fingerprint density at radius 1 is 1.69 bits per heavy atom. The summed E-state index contributed by atoms with van der Waals surface area (Å²) in [6.45, 7) is 3.94. The highest BCUT2D eigenvalue weighted by atomic mass is 16.1. The molecule has 0 saturated carbocycles. The van der Waals surface area contributed by atoms with E-state index in [1.54, 1.807) is 12.4 Å². The van der Waals surface area contributed by atoms with Crippen molar-refractivity contribution in [2.75, 3.05) is 7.05 Å². The average molecular weight is 217 g/mol. The first-order chi connectivity index (χ1) is 7.61. The summed E-state index contributed by atoms with van der Waals surface area (Å²) in [6, 6.07) is 3.80. The van der Waals surface area contributed by atoms with Gasteiger partial charge in [0.2, 0.25) is 5.91 Å². The molecular weight excluding hydrogens is 202 g/mol. The molecular formula is C12H15N3O. The van der Waals surface area contributed by atoms with Crippen molar-refractivity contribution in [3.8, 4) is 0 Å². The predicted molar refractivity (Wildman–Crippen MR) is 61.2 cm³/mol. The zero-order chi connectivity index (χ0) is 11.7. The number of nitrogens with zero attached hydrogens (tertiary/aromatic N) is 2. The molecule has 2 atom stereocenters. The van der Waals surface area contributed by atoms with Crippen LogP contribution in [0.25, 0.3) is 0 Å². The summed E-state index contributed by atoms with van der Waals surface area (Å²) < 4.78 is 0. The van der Waals surface area contributed by atoms with Crippen molar-refractivity contribution in [1.82, 2.24) is 9.88 Å². The standard InChI is InChI=1S/C12H15N3O/c1-8-6-10(12(13)16)11(15(8)2)9-4-3-5-14-7-9/h3-5,7,10-11H,1,6H2,2H3,(H2,13,16)/t10?,11-/m0/s1. The van der Waals surface area contributed by atoms with E-state index in [0.29, 0.717) is 6.42 Å². The second-order valence-electron chi connectivity index (χ2n) is 4.12. The van der Waals surface area contributed by atoms with E-state index in [1.165, 1.54) is 0 Å². The van der Waals surface area contributed by atoms with Crippen LogP contribution in [0.15, 0.2) is 36.8 Å². The Bertz CT molecular complexity index is 416. The number of hydrogen-bond acceptors (Lipinski definition) is 3. The average Bonchev–Trinajstić information content (AvgIpc) is 2.57. The third-order valence-electron chi connectivity index (χ3n) is 3.14. The molecule has 1 unspecified atom stereocenters. The van der Waals surface area contributed by atoms with E-state index in [2.05, 4.69) is 11.6 Å². The van der Waals surface area contributed by atoms with Crippen LogP contribution in [-0.2, 0) is 4.79 Å². The quantitative estimate of drug-likeness (QED) is 0.806. The number of allylic oxidation sites excluding steroid dienone is 1. The van der Waals surface area contributed by atoms with Crippen LogP contribution in [0.3, 0.4) is 0 Å². The van der Waals surface area contributed by atoms with Crippen LogP contribution in [0, 0.1) is 5.92 Å². The van der Waals surface area contributed by atoms with E-state index in [4.69, 9.17) is 5.73 Å². The number of nitrogens with two attached hydrogens (primary N) is 1. The number of rotatable bonds is 2. The Hall–Kier alpha value is -1.84. The third-order valence-corrected chi connectivity index (χ3v) is 3.14. The van der Waals surface area contributed by atoms with Crippen molar-refractivity contribution >= 4 is 5.91 Å². The second-order valence-corrected chi connectivity index (χ2v) is 4.12. The van der Waals surface area contributed by atoms with Crippen LogP contribution in [0.5, 0.6) is 0 Å². The fraction of sp³-hybridized carbons (Fsp3) is 0.333. The van der Waals surface area contributed by atoms with Crippen LogP contribution in [0.4, 0.5) is 0 Å². The molecule has 0 aromatic carbocycles. The lowest BCUT2D eigenvalue weighted by atomic mass is 9.94. The first kappa shape index (κ1) is 10.7. The van der Waals surface area contributed by atoms with Gasteiger partial charge in [-0.05, 0) is 11.6 Å². The number of amides is 1. The van der Waals surface area contributed by atoms with Gasteiger partial charge in [-0.2, -0.15) is 0 Å². The molecule has 2 heterocycles. The maximum Gasteiger partial charge on any atom is 0.223 e. The molecule has 2 N–H and O–H groups in total. The van der Waals surface area contributed by atoms with Crippen molar-refractivity contribution in [3.63, 3.8) is 0 Å². The summed E-state index contributed by atoms with van der Waals surface area (Å²) in [5.41, 5.74) is 7.37. The van der Waals surface area contributed by atoms with Gasteiger partial charge in [0.15, 0.2) is 0 Å². The Labute approximate surface area is 94.8 Å². The van der Waals surface area contributed by atoms with Crippen molar-refractivity contribution in [3.05, 3.63) is 42.4 Å². The minimum atomic E-state index is -0.278. The van der Waals surface area contributed by atoms with Crippen molar-refractivity contribution in [1.29, 1.82) is 0 Å². The Kier molecular flexibility index (Phi) is 2.64. The molecule has 84 valence electrons. The van der Waals surface area contributed by atoms with Crippen LogP contribution >= 0.6 is 0 Å². The van der Waals surface area contributed by atoms with Gasteiger partial charge in [-0.1, -0.05) is 12.6 Å². The monoisotopic (exact) mass is 217 g/mol. The smallest absolute Gasteiger partial charge is 0.223 e. The highest BCUT2D eigenvalue weighted by molar-refractivity contribution is 5.78. The Morgan fingerprint density at radius 2 is 2.44 bits per heavy atom. The van der Waals surface area contributed by atoms with Crippen molar-refractivity contribution in [2.24, 2.45) is 11.7 Å². The Morgan fingerprint density at radius 3 is 3.00 bits per heavy atom. The molecule has 16 heavy (non-hydrogen) atoms. The zero-order valence-electron chi connectivity index (χ0n) is 9.26. The molecule has 0 radical (unpaired) electrons. The van der Waals surface area contributed by atoms with Gasteiger partial charge in [0, 0.05) is 31.6 Å². The number of pyridine rings is 1. The van der Waals surface area contributed by atoms with E-state index in [1.807, 2.05) is 24.1 Å². The highest BCUT2D eigenvalue weighted by Gasteiger charge is 2.38. The molecule has 4 nitrogen and oxygen atoms in total. The molecule has 1 fully saturated rings. The summed E-state index contributed by atoms with van der Waals surface area (Å²) in [6.07, 6.45) is 4.12. The molecule has 0 spiro atoms. The van der Waals surface area contributed by atoms with Gasteiger partial charge in [0.05, 0.1) is 12.0 Å². The maximum atomic E-state index is 11.4. The number of carbonyl (C=O) groups is 1. The van der Waals surface area contributed by atoms with Gasteiger partial charge < -0.3 is 10.6 Å². The molecule has 0 aliphatic carbocycles. The third kappa shape index (κ3) is 1.66. The van der Waals surface area contributed by atoms with Gasteiger partial charge in [-0.25, -0.2) is 0 Å². The summed E-state index contributed by atoms with van der Waals surface area (Å²) in [5.74, 6) is -0.485. The predicted octanol–water partition coefficient (Wildman–Crippen LogP) is 1.07. The zero-order valence-corrected chi connectivity index (χ0v) is 9.26. The number of carbonyl (C=O) groups excluding carboxylic acids is 1. The Balaban J connectivity index is 2.37. The number of likely N-dealkylation sites (tertiary alicyclic amines) is 1. The molecule has 4 heteroatoms. The number of primary amides is 1. The van der Waals surface area contributed by atoms with Gasteiger partial charge in [0.25, 0.3) is 0 Å². The van der Waals surface area contributed by atoms with Crippen molar-refractivity contribution in [2.45, 2.75) is 12.5 Å². The lowest BCUT2D eigenvalue weighted by molar-refractivity contribution is -0.122. The molecule has 1 aliphatic heterocycles. The van der Waals surface area contributed by atoms with E-state index in [0.717, 1.165) is 11.3 Å². The van der Waals surface area contributed by atoms with Gasteiger partial charge in [-0.3, -0.25) is 9.78 Å². The van der Waals surface area contributed by atoms with Gasteiger partial charge >= 0.3 is 0 Å². The van der Waals surface area contributed by atoms with E-state index in [-0.39, 0.29) is 17.9 Å². The topological polar surface area (TPSA) is 59.2 Å². The first-order valence-corrected chi connectivity index (χ1v) is 5.21. The van der Waals surface area contributed by atoms with Crippen LogP contribution in [0.1, 0.15) is 18.0 Å². The van der Waals surface area contributed by atoms with Crippen LogP contribution in [-0.4, -0.2) is 22.8 Å². The molecule has 2 rings (SSSR count). The molecule has 0 bridgehead atoms. The SMILES string of the molecule is C=C1CC(C(N)=O)[C@H](c2cccnc2)N1C. The van der Waals surface area contributed by atoms with E-state index < -0.39 is 0 Å². The summed E-state index contributed by atoms with van der Waals surface area (Å²) in [5, 5.41) is 0. The van der Waals surface area contributed by atoms with Crippen LogP contribution in [0.2, 0.25) is 0 Å². The summed E-state index contributed by atoms with van der Waals surface area (Å²) in [7, 11) is 1.93. The normalized spacial score (nSPS) is 24.8.